The Morgan fingerprint density at radius 1 is 1.37 bits per heavy atom. The number of ether oxygens (including phenoxy) is 1. The average Bonchev–Trinajstić information content (AvgIpc) is 2.73. The molecule has 1 aliphatic carbocycles. The highest BCUT2D eigenvalue weighted by atomic mass is 16.5. The first kappa shape index (κ1) is 13.3. The number of carboxylic acid groups (broad SMARTS) is 1. The maximum atomic E-state index is 12.1. The van der Waals surface area contributed by atoms with E-state index >= 15 is 0 Å². The number of hydrogen-bond acceptors (Lipinski definition) is 4. The summed E-state index contributed by atoms with van der Waals surface area (Å²) in [5.74, 6) is -1.72. The minimum atomic E-state index is -1.03. The van der Waals surface area contributed by atoms with Gasteiger partial charge in [-0.2, -0.15) is 0 Å². The van der Waals surface area contributed by atoms with Crippen LogP contribution in [0.15, 0.2) is 18.2 Å². The van der Waals surface area contributed by atoms with E-state index < -0.39 is 11.9 Å². The summed E-state index contributed by atoms with van der Waals surface area (Å²) in [4.78, 5) is 34.4. The summed E-state index contributed by atoms with van der Waals surface area (Å²) in [5, 5.41) is 8.56. The summed E-state index contributed by atoms with van der Waals surface area (Å²) in [6, 6.07) is 5.15. The molecule has 1 aliphatic rings. The van der Waals surface area contributed by atoms with Gasteiger partial charge in [-0.1, -0.05) is 6.07 Å². The Bertz CT molecular complexity index is 547. The van der Waals surface area contributed by atoms with E-state index in [9.17, 15) is 14.4 Å². The molecule has 1 unspecified atom stereocenters. The van der Waals surface area contributed by atoms with Crippen LogP contribution in [0.25, 0.3) is 0 Å². The molecular formula is C14H14O5. The number of Topliss-reactive ketones (excluding diaryl/α,β-unsaturated/α-hetero) is 2. The lowest BCUT2D eigenvalue weighted by Crippen LogP contribution is -2.21. The van der Waals surface area contributed by atoms with E-state index in [4.69, 9.17) is 9.84 Å². The van der Waals surface area contributed by atoms with Gasteiger partial charge in [0.05, 0.1) is 19.4 Å². The largest absolute Gasteiger partial charge is 0.497 e. The van der Waals surface area contributed by atoms with E-state index in [-0.39, 0.29) is 24.4 Å². The predicted molar refractivity (Wildman–Crippen MR) is 66.4 cm³/mol. The number of fused-ring (bicyclic) bond motifs is 1. The summed E-state index contributed by atoms with van der Waals surface area (Å²) in [5.41, 5.74) is 1.33. The number of rotatable bonds is 5. The van der Waals surface area contributed by atoms with Gasteiger partial charge in [-0.3, -0.25) is 14.4 Å². The third-order valence-corrected chi connectivity index (χ3v) is 3.30. The second-order valence-corrected chi connectivity index (χ2v) is 4.50. The fourth-order valence-corrected chi connectivity index (χ4v) is 2.25. The number of benzene rings is 1. The molecule has 0 fully saturated rings. The van der Waals surface area contributed by atoms with Gasteiger partial charge in [-0.05, 0) is 24.1 Å². The number of carbonyl (C=O) groups is 3. The minimum Gasteiger partial charge on any atom is -0.497 e. The van der Waals surface area contributed by atoms with Crippen molar-refractivity contribution < 1.29 is 24.2 Å². The Morgan fingerprint density at radius 3 is 2.74 bits per heavy atom. The van der Waals surface area contributed by atoms with Crippen LogP contribution in [0, 0.1) is 5.92 Å². The summed E-state index contributed by atoms with van der Waals surface area (Å²) in [6.45, 7) is 0. The van der Waals surface area contributed by atoms with Crippen molar-refractivity contribution in [1.29, 1.82) is 0 Å². The van der Waals surface area contributed by atoms with Gasteiger partial charge < -0.3 is 9.84 Å². The number of carbonyl (C=O) groups excluding carboxylic acids is 2. The van der Waals surface area contributed by atoms with Crippen molar-refractivity contribution in [1.82, 2.24) is 0 Å². The Kier molecular flexibility index (Phi) is 3.64. The van der Waals surface area contributed by atoms with Crippen LogP contribution in [0.2, 0.25) is 0 Å². The molecule has 100 valence electrons. The first-order chi connectivity index (χ1) is 9.02. The van der Waals surface area contributed by atoms with Crippen LogP contribution in [-0.2, 0) is 16.0 Å². The van der Waals surface area contributed by atoms with Gasteiger partial charge >= 0.3 is 5.97 Å². The summed E-state index contributed by atoms with van der Waals surface area (Å²) in [6.07, 6.45) is 0.0236. The van der Waals surface area contributed by atoms with E-state index in [1.807, 2.05) is 0 Å². The van der Waals surface area contributed by atoms with E-state index in [0.29, 0.717) is 17.7 Å². The van der Waals surface area contributed by atoms with Crippen LogP contribution < -0.4 is 4.74 Å². The summed E-state index contributed by atoms with van der Waals surface area (Å²) >= 11 is 0. The van der Waals surface area contributed by atoms with Crippen molar-refractivity contribution in [2.24, 2.45) is 5.92 Å². The van der Waals surface area contributed by atoms with Gasteiger partial charge in [-0.15, -0.1) is 0 Å². The highest BCUT2D eigenvalue weighted by molar-refractivity contribution is 6.14. The maximum Gasteiger partial charge on any atom is 0.303 e. The second-order valence-electron chi connectivity index (χ2n) is 4.50. The van der Waals surface area contributed by atoms with Crippen molar-refractivity contribution >= 4 is 17.5 Å². The molecule has 0 heterocycles. The lowest BCUT2D eigenvalue weighted by atomic mass is 9.96. The quantitative estimate of drug-likeness (QED) is 0.813. The monoisotopic (exact) mass is 262 g/mol. The molecule has 1 aromatic rings. The molecule has 5 nitrogen and oxygen atoms in total. The zero-order valence-corrected chi connectivity index (χ0v) is 10.5. The third kappa shape index (κ3) is 2.65. The second kappa shape index (κ2) is 5.22. The summed E-state index contributed by atoms with van der Waals surface area (Å²) < 4.78 is 5.05. The van der Waals surface area contributed by atoms with Gasteiger partial charge in [-0.25, -0.2) is 0 Å². The van der Waals surface area contributed by atoms with Gasteiger partial charge in [0.1, 0.15) is 11.5 Å². The van der Waals surface area contributed by atoms with Crippen LogP contribution in [0.5, 0.6) is 5.75 Å². The van der Waals surface area contributed by atoms with Crippen LogP contribution in [0.3, 0.4) is 0 Å². The molecule has 0 saturated heterocycles. The zero-order chi connectivity index (χ0) is 14.0. The van der Waals surface area contributed by atoms with Crippen molar-refractivity contribution in [2.75, 3.05) is 7.11 Å². The smallest absolute Gasteiger partial charge is 0.303 e. The number of ketones is 2. The fraction of sp³-hybridized carbons (Fsp3) is 0.357. The molecule has 0 radical (unpaired) electrons. The van der Waals surface area contributed by atoms with Gasteiger partial charge in [0.15, 0.2) is 5.78 Å². The van der Waals surface area contributed by atoms with Gasteiger partial charge in [0.2, 0.25) is 0 Å². The molecule has 19 heavy (non-hydrogen) atoms. The van der Waals surface area contributed by atoms with Crippen LogP contribution in [0.1, 0.15) is 28.8 Å². The number of aliphatic carboxylic acids is 1. The van der Waals surface area contributed by atoms with Crippen LogP contribution in [0.4, 0.5) is 0 Å². The number of hydrogen-bond donors (Lipinski definition) is 1. The molecule has 5 heteroatoms. The van der Waals surface area contributed by atoms with Crippen molar-refractivity contribution in [3.63, 3.8) is 0 Å². The first-order valence-electron chi connectivity index (χ1n) is 5.98. The minimum absolute atomic E-state index is 0.100. The zero-order valence-electron chi connectivity index (χ0n) is 10.5. The molecule has 0 bridgehead atoms. The molecule has 0 aromatic heterocycles. The maximum absolute atomic E-state index is 12.1. The Labute approximate surface area is 110 Å². The van der Waals surface area contributed by atoms with E-state index in [0.717, 1.165) is 5.56 Å². The molecule has 0 spiro atoms. The normalized spacial score (nSPS) is 17.1. The molecule has 1 aromatic carbocycles. The Morgan fingerprint density at radius 2 is 2.11 bits per heavy atom. The first-order valence-corrected chi connectivity index (χ1v) is 5.98. The fourth-order valence-electron chi connectivity index (χ4n) is 2.25. The number of carboxylic acids is 1. The van der Waals surface area contributed by atoms with Crippen LogP contribution >= 0.6 is 0 Å². The molecule has 2 rings (SSSR count). The predicted octanol–water partition coefficient (Wildman–Crippen LogP) is 1.48. The summed E-state index contributed by atoms with van der Waals surface area (Å²) in [7, 11) is 1.51. The molecule has 0 amide bonds. The third-order valence-electron chi connectivity index (χ3n) is 3.30. The highest BCUT2D eigenvalue weighted by Gasteiger charge is 2.35. The number of methoxy groups -OCH3 is 1. The molecule has 0 aliphatic heterocycles. The average molecular weight is 262 g/mol. The highest BCUT2D eigenvalue weighted by Crippen LogP contribution is 2.31. The van der Waals surface area contributed by atoms with Gasteiger partial charge in [0, 0.05) is 12.0 Å². The Hall–Kier alpha value is -2.17. The SMILES string of the molecule is COc1ccc2c(c1)C(=O)C(C(=O)CCC(=O)O)C2. The molecular weight excluding hydrogens is 248 g/mol. The van der Waals surface area contributed by atoms with Crippen LogP contribution in [-0.4, -0.2) is 29.8 Å². The van der Waals surface area contributed by atoms with Crippen molar-refractivity contribution in [3.8, 4) is 5.75 Å². The Balaban J connectivity index is 2.14. The molecule has 1 N–H and O–H groups in total. The van der Waals surface area contributed by atoms with Crippen molar-refractivity contribution in [2.45, 2.75) is 19.3 Å². The van der Waals surface area contributed by atoms with E-state index in [1.165, 1.54) is 7.11 Å². The van der Waals surface area contributed by atoms with E-state index in [2.05, 4.69) is 0 Å². The topological polar surface area (TPSA) is 80.7 Å². The lowest BCUT2D eigenvalue weighted by Gasteiger charge is -2.05. The lowest BCUT2D eigenvalue weighted by molar-refractivity contribution is -0.138. The molecule has 0 saturated carbocycles. The van der Waals surface area contributed by atoms with Crippen molar-refractivity contribution in [3.05, 3.63) is 29.3 Å². The standard InChI is InChI=1S/C14H14O5/c1-19-9-3-2-8-6-11(14(18)10(8)7-9)12(15)4-5-13(16)17/h2-3,7,11H,4-6H2,1H3,(H,16,17). The van der Waals surface area contributed by atoms with E-state index in [1.54, 1.807) is 18.2 Å². The van der Waals surface area contributed by atoms with Gasteiger partial charge in [0.25, 0.3) is 0 Å². The molecule has 1 atom stereocenters.